The molecule has 0 radical (unpaired) electrons. The molecule has 0 fully saturated rings. The van der Waals surface area contributed by atoms with E-state index in [0.29, 0.717) is 5.92 Å². The van der Waals surface area contributed by atoms with Gasteiger partial charge in [-0.3, -0.25) is 4.99 Å². The van der Waals surface area contributed by atoms with E-state index in [-0.39, 0.29) is 6.17 Å². The van der Waals surface area contributed by atoms with E-state index in [1.165, 1.54) is 49.4 Å². The number of hydrogen-bond acceptors (Lipinski definition) is 3. The minimum atomic E-state index is -0.224. The molecule has 3 heterocycles. The smallest absolute Gasteiger partial charge is 0.145 e. The van der Waals surface area contributed by atoms with Crippen LogP contribution in [0, 0.1) is 5.92 Å². The van der Waals surface area contributed by atoms with E-state index in [2.05, 4.69) is 211 Å². The third-order valence-electron chi connectivity index (χ3n) is 11.7. The highest BCUT2D eigenvalue weighted by Gasteiger charge is 2.23. The third-order valence-corrected chi connectivity index (χ3v) is 11.7. The quantitative estimate of drug-likeness (QED) is 0.172. The Labute approximate surface area is 337 Å². The molecule has 7 aromatic carbocycles. The Balaban J connectivity index is 1.06. The Morgan fingerprint density at radius 3 is 2.02 bits per heavy atom. The molecule has 0 saturated heterocycles. The van der Waals surface area contributed by atoms with Gasteiger partial charge in [-0.2, -0.15) is 0 Å². The van der Waals surface area contributed by atoms with Crippen LogP contribution in [0.2, 0.25) is 0 Å². The summed E-state index contributed by atoms with van der Waals surface area (Å²) in [6, 6.07) is 60.6. The normalized spacial score (nSPS) is 16.7. The molecule has 4 heteroatoms. The summed E-state index contributed by atoms with van der Waals surface area (Å²) in [6.45, 7) is 2.30. The Morgan fingerprint density at radius 2 is 1.24 bits per heavy atom. The van der Waals surface area contributed by atoms with E-state index < -0.39 is 0 Å². The van der Waals surface area contributed by atoms with Crippen molar-refractivity contribution in [2.24, 2.45) is 10.9 Å². The zero-order valence-electron chi connectivity index (χ0n) is 32.2. The predicted molar refractivity (Wildman–Crippen MR) is 244 cm³/mol. The molecule has 2 atom stereocenters. The van der Waals surface area contributed by atoms with Crippen molar-refractivity contribution < 1.29 is 0 Å². The van der Waals surface area contributed by atoms with E-state index in [4.69, 9.17) is 9.98 Å². The van der Waals surface area contributed by atoms with Gasteiger partial charge in [-0.15, -0.1) is 0 Å². The van der Waals surface area contributed by atoms with Gasteiger partial charge in [0, 0.05) is 33.1 Å². The van der Waals surface area contributed by atoms with Gasteiger partial charge < -0.3 is 9.88 Å². The fourth-order valence-corrected chi connectivity index (χ4v) is 8.79. The summed E-state index contributed by atoms with van der Waals surface area (Å²) in [5, 5.41) is 9.66. The van der Waals surface area contributed by atoms with Crippen molar-refractivity contribution in [2.75, 3.05) is 0 Å². The van der Waals surface area contributed by atoms with Crippen LogP contribution in [0.3, 0.4) is 0 Å². The highest BCUT2D eigenvalue weighted by Crippen LogP contribution is 2.43. The SMILES string of the molecule is CC1C=C(n2c3ccccc3c3c(-c4ccc(C5=NC(c6ccccc6)NC(c6ccc(-c7ccccc7)cc6)=C5)cc4)nc4cc5ccccc5cc4c32)C=CC1. The van der Waals surface area contributed by atoms with E-state index in [1.54, 1.807) is 0 Å². The minimum Gasteiger partial charge on any atom is -0.360 e. The summed E-state index contributed by atoms with van der Waals surface area (Å²) in [7, 11) is 0. The molecule has 276 valence electrons. The lowest BCUT2D eigenvalue weighted by atomic mass is 9.97. The molecule has 0 spiro atoms. The van der Waals surface area contributed by atoms with Gasteiger partial charge in [0.25, 0.3) is 0 Å². The summed E-state index contributed by atoms with van der Waals surface area (Å²) in [6.07, 6.45) is 10.0. The van der Waals surface area contributed by atoms with E-state index in [0.717, 1.165) is 56.7 Å². The molecule has 0 amide bonds. The van der Waals surface area contributed by atoms with Crippen LogP contribution in [0.25, 0.3) is 77.3 Å². The highest BCUT2D eigenvalue weighted by molar-refractivity contribution is 6.24. The molecule has 1 N–H and O–H groups in total. The molecule has 2 unspecified atom stereocenters. The van der Waals surface area contributed by atoms with Crippen LogP contribution in [0.4, 0.5) is 0 Å². The highest BCUT2D eigenvalue weighted by atomic mass is 15.1. The van der Waals surface area contributed by atoms with Crippen LogP contribution < -0.4 is 5.32 Å². The standard InChI is InChI=1S/C54H40N4/c1-35-13-12-20-44(31-35)58-50-22-11-10-21-45(50)51-52(55-49-33-43-19-9-8-18-42(43)32-46(49)53(51)58)40-29-27-39(28-30-40)48-34-47(56-54(57-48)41-16-6-3-7-17-41)38-25-23-37(24-26-38)36-14-4-2-5-15-36/h2-12,14-35,54,56H,13H2,1H3. The van der Waals surface area contributed by atoms with Gasteiger partial charge >= 0.3 is 0 Å². The number of aliphatic imine (C=N–C) groups is 1. The number of pyridine rings is 1. The van der Waals surface area contributed by atoms with Gasteiger partial charge in [0.05, 0.1) is 28.0 Å². The number of nitrogens with zero attached hydrogens (tertiary/aromatic N) is 3. The molecular weight excluding hydrogens is 705 g/mol. The average molecular weight is 745 g/mol. The lowest BCUT2D eigenvalue weighted by Gasteiger charge is -2.25. The second-order valence-corrected chi connectivity index (χ2v) is 15.5. The van der Waals surface area contributed by atoms with Crippen LogP contribution in [-0.4, -0.2) is 15.3 Å². The number of para-hydroxylation sites is 1. The number of aromatic nitrogens is 2. The molecule has 1 aliphatic carbocycles. The number of allylic oxidation sites excluding steroid dienone is 5. The van der Waals surface area contributed by atoms with Gasteiger partial charge in [-0.05, 0) is 81.3 Å². The van der Waals surface area contributed by atoms with Gasteiger partial charge in [-0.25, -0.2) is 4.98 Å². The van der Waals surface area contributed by atoms with Gasteiger partial charge in [0.1, 0.15) is 6.17 Å². The molecular formula is C54H40N4. The van der Waals surface area contributed by atoms with Crippen molar-refractivity contribution in [3.8, 4) is 22.4 Å². The summed E-state index contributed by atoms with van der Waals surface area (Å²) in [5.74, 6) is 0.458. The number of nitrogens with one attached hydrogen (secondary N) is 1. The maximum atomic E-state index is 5.52. The van der Waals surface area contributed by atoms with E-state index in [9.17, 15) is 0 Å². The molecule has 1 aliphatic heterocycles. The maximum Gasteiger partial charge on any atom is 0.145 e. The molecule has 2 aliphatic rings. The maximum absolute atomic E-state index is 5.52. The fraction of sp³-hybridized carbons (Fsp3) is 0.0741. The minimum absolute atomic E-state index is 0.224. The predicted octanol–water partition coefficient (Wildman–Crippen LogP) is 13.4. The molecule has 9 aromatic rings. The van der Waals surface area contributed by atoms with Gasteiger partial charge in [0.2, 0.25) is 0 Å². The van der Waals surface area contributed by atoms with E-state index >= 15 is 0 Å². The van der Waals surface area contributed by atoms with Crippen molar-refractivity contribution in [2.45, 2.75) is 19.5 Å². The van der Waals surface area contributed by atoms with Crippen molar-refractivity contribution in [1.82, 2.24) is 14.9 Å². The summed E-state index contributed by atoms with van der Waals surface area (Å²) < 4.78 is 2.47. The second-order valence-electron chi connectivity index (χ2n) is 15.5. The Morgan fingerprint density at radius 1 is 0.603 bits per heavy atom. The van der Waals surface area contributed by atoms with Crippen LogP contribution in [0.15, 0.2) is 199 Å². The summed E-state index contributed by atoms with van der Waals surface area (Å²) in [5.41, 5.74) is 14.3. The van der Waals surface area contributed by atoms with Crippen molar-refractivity contribution in [1.29, 1.82) is 0 Å². The van der Waals surface area contributed by atoms with Gasteiger partial charge in [-0.1, -0.05) is 171 Å². The third kappa shape index (κ3) is 5.93. The fourth-order valence-electron chi connectivity index (χ4n) is 8.79. The Kier molecular flexibility index (Phi) is 8.21. The molecule has 4 nitrogen and oxygen atoms in total. The summed E-state index contributed by atoms with van der Waals surface area (Å²) >= 11 is 0. The first kappa shape index (κ1) is 34.0. The van der Waals surface area contributed by atoms with Crippen LogP contribution in [-0.2, 0) is 0 Å². The number of fused-ring (bicyclic) bond motifs is 6. The topological polar surface area (TPSA) is 42.2 Å². The van der Waals surface area contributed by atoms with Crippen molar-refractivity contribution in [3.63, 3.8) is 0 Å². The zero-order chi connectivity index (χ0) is 38.6. The van der Waals surface area contributed by atoms with Crippen molar-refractivity contribution in [3.05, 3.63) is 211 Å². The van der Waals surface area contributed by atoms with Crippen LogP contribution >= 0.6 is 0 Å². The molecule has 2 aromatic heterocycles. The Bertz CT molecular complexity index is 3150. The van der Waals surface area contributed by atoms with E-state index in [1.807, 2.05) is 0 Å². The first-order valence-corrected chi connectivity index (χ1v) is 20.2. The molecule has 0 bridgehead atoms. The monoisotopic (exact) mass is 744 g/mol. The largest absolute Gasteiger partial charge is 0.360 e. The lowest BCUT2D eigenvalue weighted by molar-refractivity contribution is 0.664. The van der Waals surface area contributed by atoms with Crippen LogP contribution in [0.1, 0.15) is 36.2 Å². The van der Waals surface area contributed by atoms with Crippen molar-refractivity contribution >= 4 is 60.6 Å². The summed E-state index contributed by atoms with van der Waals surface area (Å²) in [4.78, 5) is 10.8. The zero-order valence-corrected chi connectivity index (χ0v) is 32.2. The number of hydrogen-bond donors (Lipinski definition) is 1. The second kappa shape index (κ2) is 14.0. The molecule has 58 heavy (non-hydrogen) atoms. The van der Waals surface area contributed by atoms with Gasteiger partial charge in [0.15, 0.2) is 0 Å². The number of benzene rings is 7. The first-order valence-electron chi connectivity index (χ1n) is 20.2. The number of rotatable bonds is 6. The lowest BCUT2D eigenvalue weighted by Crippen LogP contribution is -2.24. The average Bonchev–Trinajstić information content (AvgIpc) is 3.64. The first-order chi connectivity index (χ1) is 28.6. The molecule has 11 rings (SSSR count). The Hall–Kier alpha value is -7.30. The van der Waals surface area contributed by atoms with Crippen LogP contribution in [0.5, 0.6) is 0 Å². The molecule has 0 saturated carbocycles.